The lowest BCUT2D eigenvalue weighted by Gasteiger charge is -2.07. The Balaban J connectivity index is 1.61. The van der Waals surface area contributed by atoms with Crippen molar-refractivity contribution < 1.29 is 4.79 Å². The number of aromatic nitrogens is 1. The van der Waals surface area contributed by atoms with Crippen LogP contribution in [0.5, 0.6) is 0 Å². The third-order valence-corrected chi connectivity index (χ3v) is 5.67. The van der Waals surface area contributed by atoms with Gasteiger partial charge in [0.05, 0.1) is 20.3 Å². The van der Waals surface area contributed by atoms with Crippen LogP contribution in [0.4, 0.5) is 5.69 Å². The Bertz CT molecular complexity index is 1090. The van der Waals surface area contributed by atoms with E-state index in [1.54, 1.807) is 29.5 Å². The number of rotatable bonds is 3. The van der Waals surface area contributed by atoms with E-state index in [9.17, 15) is 4.79 Å². The molecular weight excluding hydrogens is 387 g/mol. The van der Waals surface area contributed by atoms with Crippen LogP contribution in [0.3, 0.4) is 0 Å². The number of halogens is 2. The van der Waals surface area contributed by atoms with Crippen molar-refractivity contribution in [3.63, 3.8) is 0 Å². The summed E-state index contributed by atoms with van der Waals surface area (Å²) in [5.74, 6) is -0.245. The first-order chi connectivity index (χ1) is 12.6. The number of carbonyl (C=O) groups excluding carboxylic acids is 1. The van der Waals surface area contributed by atoms with Crippen LogP contribution in [-0.2, 0) is 0 Å². The Kier molecular flexibility index (Phi) is 4.64. The monoisotopic (exact) mass is 398 g/mol. The maximum absolute atomic E-state index is 12.4. The van der Waals surface area contributed by atoms with Gasteiger partial charge in [-0.2, -0.15) is 0 Å². The van der Waals surface area contributed by atoms with Gasteiger partial charge in [-0.15, -0.1) is 11.3 Å². The minimum absolute atomic E-state index is 0.245. The summed E-state index contributed by atoms with van der Waals surface area (Å²) in [6, 6.07) is 20.4. The molecule has 0 saturated carbocycles. The number of hydrogen-bond donors (Lipinski definition) is 1. The average molecular weight is 399 g/mol. The molecule has 1 heterocycles. The Morgan fingerprint density at radius 3 is 2.58 bits per heavy atom. The number of nitrogens with zero attached hydrogens (tertiary/aromatic N) is 1. The van der Waals surface area contributed by atoms with Crippen LogP contribution >= 0.6 is 34.5 Å². The molecule has 4 rings (SSSR count). The second kappa shape index (κ2) is 7.08. The number of benzene rings is 3. The summed E-state index contributed by atoms with van der Waals surface area (Å²) in [4.78, 5) is 17.1. The van der Waals surface area contributed by atoms with Gasteiger partial charge in [0.25, 0.3) is 5.91 Å². The van der Waals surface area contributed by atoms with Gasteiger partial charge in [-0.25, -0.2) is 4.98 Å². The zero-order valence-corrected chi connectivity index (χ0v) is 15.7. The molecule has 0 bridgehead atoms. The van der Waals surface area contributed by atoms with Gasteiger partial charge in [0.2, 0.25) is 0 Å². The van der Waals surface area contributed by atoms with E-state index in [2.05, 4.69) is 10.3 Å². The Hall–Kier alpha value is -2.40. The molecule has 1 N–H and O–H groups in total. The molecule has 128 valence electrons. The van der Waals surface area contributed by atoms with E-state index in [1.807, 2.05) is 48.5 Å². The predicted molar refractivity (Wildman–Crippen MR) is 109 cm³/mol. The highest BCUT2D eigenvalue weighted by molar-refractivity contribution is 7.21. The van der Waals surface area contributed by atoms with Crippen molar-refractivity contribution >= 4 is 56.3 Å². The number of carbonyl (C=O) groups is 1. The third kappa shape index (κ3) is 3.44. The molecular formula is C20H12Cl2N2OS. The molecule has 0 unspecified atom stereocenters. The summed E-state index contributed by atoms with van der Waals surface area (Å²) in [6.45, 7) is 0. The highest BCUT2D eigenvalue weighted by Gasteiger charge is 2.10. The van der Waals surface area contributed by atoms with Crippen LogP contribution in [0, 0.1) is 0 Å². The summed E-state index contributed by atoms with van der Waals surface area (Å²) in [5.41, 5.74) is 3.07. The van der Waals surface area contributed by atoms with Crippen LogP contribution in [0.15, 0.2) is 66.7 Å². The fraction of sp³-hybridized carbons (Fsp3) is 0. The van der Waals surface area contributed by atoms with Gasteiger partial charge in [-0.3, -0.25) is 4.79 Å². The molecule has 4 aromatic rings. The summed E-state index contributed by atoms with van der Waals surface area (Å²) in [7, 11) is 0. The molecule has 0 aliphatic carbocycles. The number of anilines is 1. The third-order valence-electron chi connectivity index (χ3n) is 3.84. The average Bonchev–Trinajstić information content (AvgIpc) is 3.08. The predicted octanol–water partition coefficient (Wildman–Crippen LogP) is 6.52. The number of nitrogens with one attached hydrogen (secondary N) is 1. The highest BCUT2D eigenvalue weighted by Crippen LogP contribution is 2.31. The van der Waals surface area contributed by atoms with Crippen LogP contribution < -0.4 is 5.32 Å². The smallest absolute Gasteiger partial charge is 0.255 e. The lowest BCUT2D eigenvalue weighted by Crippen LogP contribution is -2.11. The van der Waals surface area contributed by atoms with E-state index >= 15 is 0 Å². The first-order valence-corrected chi connectivity index (χ1v) is 9.40. The first kappa shape index (κ1) is 17.0. The molecule has 0 radical (unpaired) electrons. The van der Waals surface area contributed by atoms with E-state index in [-0.39, 0.29) is 5.91 Å². The molecule has 3 nitrogen and oxygen atoms in total. The molecule has 26 heavy (non-hydrogen) atoms. The normalized spacial score (nSPS) is 10.8. The number of para-hydroxylation sites is 1. The minimum Gasteiger partial charge on any atom is -0.322 e. The largest absolute Gasteiger partial charge is 0.322 e. The SMILES string of the molecule is O=C(Nc1cccc(-c2nc3ccccc3s2)c1)c1ccc(Cl)c(Cl)c1. The minimum atomic E-state index is -0.245. The molecule has 0 spiro atoms. The van der Waals surface area contributed by atoms with Gasteiger partial charge in [0.1, 0.15) is 5.01 Å². The van der Waals surface area contributed by atoms with Gasteiger partial charge in [0, 0.05) is 16.8 Å². The molecule has 0 aliphatic rings. The fourth-order valence-corrected chi connectivity index (χ4v) is 3.83. The lowest BCUT2D eigenvalue weighted by atomic mass is 10.2. The summed E-state index contributed by atoms with van der Waals surface area (Å²) in [6.07, 6.45) is 0. The highest BCUT2D eigenvalue weighted by atomic mass is 35.5. The second-order valence-electron chi connectivity index (χ2n) is 5.65. The number of hydrogen-bond acceptors (Lipinski definition) is 3. The number of fused-ring (bicyclic) bond motifs is 1. The van der Waals surface area contributed by atoms with E-state index in [1.165, 1.54) is 0 Å². The van der Waals surface area contributed by atoms with Gasteiger partial charge in [0.15, 0.2) is 0 Å². The van der Waals surface area contributed by atoms with Crippen molar-refractivity contribution in [2.75, 3.05) is 5.32 Å². The van der Waals surface area contributed by atoms with Crippen LogP contribution in [0.25, 0.3) is 20.8 Å². The van der Waals surface area contributed by atoms with Crippen molar-refractivity contribution in [3.05, 3.63) is 82.3 Å². The molecule has 1 aromatic heterocycles. The first-order valence-electron chi connectivity index (χ1n) is 7.82. The van der Waals surface area contributed by atoms with E-state index in [0.29, 0.717) is 21.3 Å². The van der Waals surface area contributed by atoms with E-state index < -0.39 is 0 Å². The van der Waals surface area contributed by atoms with Gasteiger partial charge in [-0.05, 0) is 42.5 Å². The Morgan fingerprint density at radius 1 is 0.923 bits per heavy atom. The number of amides is 1. The van der Waals surface area contributed by atoms with Crippen molar-refractivity contribution in [1.29, 1.82) is 0 Å². The molecule has 0 atom stereocenters. The zero-order chi connectivity index (χ0) is 18.1. The Morgan fingerprint density at radius 2 is 1.77 bits per heavy atom. The molecule has 0 fully saturated rings. The lowest BCUT2D eigenvalue weighted by molar-refractivity contribution is 0.102. The maximum atomic E-state index is 12.4. The van der Waals surface area contributed by atoms with Crippen molar-refractivity contribution in [1.82, 2.24) is 4.98 Å². The standard InChI is InChI=1S/C20H12Cl2N2OS/c21-15-9-8-12(11-16(15)22)19(25)23-14-5-3-4-13(10-14)20-24-17-6-1-2-7-18(17)26-20/h1-11H,(H,23,25). The molecule has 3 aromatic carbocycles. The molecule has 1 amide bonds. The molecule has 0 saturated heterocycles. The Labute approximate surface area is 164 Å². The van der Waals surface area contributed by atoms with Gasteiger partial charge < -0.3 is 5.32 Å². The quantitative estimate of drug-likeness (QED) is 0.426. The second-order valence-corrected chi connectivity index (χ2v) is 7.50. The zero-order valence-electron chi connectivity index (χ0n) is 13.4. The van der Waals surface area contributed by atoms with E-state index in [0.717, 1.165) is 20.8 Å². The topological polar surface area (TPSA) is 42.0 Å². The summed E-state index contributed by atoms with van der Waals surface area (Å²) >= 11 is 13.5. The van der Waals surface area contributed by atoms with Crippen molar-refractivity contribution in [3.8, 4) is 10.6 Å². The van der Waals surface area contributed by atoms with Gasteiger partial charge >= 0.3 is 0 Å². The van der Waals surface area contributed by atoms with Crippen LogP contribution in [0.1, 0.15) is 10.4 Å². The molecule has 0 aliphatic heterocycles. The van der Waals surface area contributed by atoms with Crippen LogP contribution in [0.2, 0.25) is 10.0 Å². The van der Waals surface area contributed by atoms with Crippen molar-refractivity contribution in [2.45, 2.75) is 0 Å². The molecule has 6 heteroatoms. The van der Waals surface area contributed by atoms with E-state index in [4.69, 9.17) is 23.2 Å². The summed E-state index contributed by atoms with van der Waals surface area (Å²) < 4.78 is 1.13. The van der Waals surface area contributed by atoms with Crippen LogP contribution in [-0.4, -0.2) is 10.9 Å². The summed E-state index contributed by atoms with van der Waals surface area (Å²) in [5, 5.41) is 4.57. The van der Waals surface area contributed by atoms with Gasteiger partial charge in [-0.1, -0.05) is 47.5 Å². The fourth-order valence-electron chi connectivity index (χ4n) is 2.57. The number of thiazole rings is 1. The van der Waals surface area contributed by atoms with Crippen molar-refractivity contribution in [2.24, 2.45) is 0 Å². The maximum Gasteiger partial charge on any atom is 0.255 e.